The Balaban J connectivity index is 1.47. The van der Waals surface area contributed by atoms with Gasteiger partial charge in [-0.3, -0.25) is 9.36 Å². The van der Waals surface area contributed by atoms with Crippen LogP contribution in [0.3, 0.4) is 0 Å². The van der Waals surface area contributed by atoms with Crippen LogP contribution in [0.25, 0.3) is 21.9 Å². The van der Waals surface area contributed by atoms with E-state index in [9.17, 15) is 4.79 Å². The summed E-state index contributed by atoms with van der Waals surface area (Å²) in [4.78, 5) is 23.0. The molecule has 0 spiro atoms. The van der Waals surface area contributed by atoms with Crippen molar-refractivity contribution in [3.8, 4) is 0 Å². The summed E-state index contributed by atoms with van der Waals surface area (Å²) < 4.78 is 1.74. The second kappa shape index (κ2) is 7.00. The lowest BCUT2D eigenvalue weighted by molar-refractivity contribution is 0.187. The van der Waals surface area contributed by atoms with Gasteiger partial charge in [0.15, 0.2) is 0 Å². The van der Waals surface area contributed by atoms with Crippen LogP contribution < -0.4 is 5.56 Å². The molecular weight excluding hydrogens is 312 g/mol. The zero-order valence-corrected chi connectivity index (χ0v) is 14.9. The highest BCUT2D eigenvalue weighted by atomic mass is 16.1. The molecule has 4 rings (SSSR count). The smallest absolute Gasteiger partial charge is 0.277 e. The first-order chi connectivity index (χ1) is 12.2. The SMILES string of the molecule is CN(CCCn1cnc2c([nH]c3ccccc32)c1=O)C1CCCCC1. The number of hydrogen-bond acceptors (Lipinski definition) is 3. The Kier molecular flexibility index (Phi) is 4.57. The van der Waals surface area contributed by atoms with Crippen LogP contribution in [0.15, 0.2) is 35.4 Å². The molecule has 0 radical (unpaired) electrons. The van der Waals surface area contributed by atoms with Crippen LogP contribution in [0, 0.1) is 0 Å². The lowest BCUT2D eigenvalue weighted by atomic mass is 9.94. The van der Waals surface area contributed by atoms with Gasteiger partial charge in [0, 0.05) is 23.5 Å². The molecule has 0 bridgehead atoms. The van der Waals surface area contributed by atoms with Crippen molar-refractivity contribution < 1.29 is 0 Å². The molecule has 0 amide bonds. The summed E-state index contributed by atoms with van der Waals surface area (Å²) in [6.45, 7) is 1.75. The van der Waals surface area contributed by atoms with Crippen molar-refractivity contribution in [2.45, 2.75) is 51.1 Å². The number of hydrogen-bond donors (Lipinski definition) is 1. The van der Waals surface area contributed by atoms with Crippen LogP contribution in [0.1, 0.15) is 38.5 Å². The summed E-state index contributed by atoms with van der Waals surface area (Å²) in [6, 6.07) is 8.66. The molecule has 1 aromatic carbocycles. The first-order valence-electron chi connectivity index (χ1n) is 9.40. The molecule has 0 atom stereocenters. The van der Waals surface area contributed by atoms with Crippen molar-refractivity contribution in [2.75, 3.05) is 13.6 Å². The summed E-state index contributed by atoms with van der Waals surface area (Å²) in [7, 11) is 2.22. The third kappa shape index (κ3) is 3.21. The van der Waals surface area contributed by atoms with E-state index in [2.05, 4.69) is 21.9 Å². The summed E-state index contributed by atoms with van der Waals surface area (Å²) in [5.74, 6) is 0. The average Bonchev–Trinajstić information content (AvgIpc) is 3.04. The van der Waals surface area contributed by atoms with Crippen LogP contribution in [-0.2, 0) is 6.54 Å². The van der Waals surface area contributed by atoms with Gasteiger partial charge < -0.3 is 9.88 Å². The third-order valence-electron chi connectivity index (χ3n) is 5.59. The van der Waals surface area contributed by atoms with Gasteiger partial charge >= 0.3 is 0 Å². The topological polar surface area (TPSA) is 53.9 Å². The normalized spacial score (nSPS) is 16.2. The minimum Gasteiger partial charge on any atom is -0.349 e. The summed E-state index contributed by atoms with van der Waals surface area (Å²) >= 11 is 0. The number of H-pyrrole nitrogens is 1. The molecule has 1 aliphatic carbocycles. The average molecular weight is 338 g/mol. The van der Waals surface area contributed by atoms with Gasteiger partial charge in [-0.2, -0.15) is 0 Å². The number of para-hydroxylation sites is 1. The van der Waals surface area contributed by atoms with Gasteiger partial charge in [0.05, 0.1) is 6.33 Å². The molecule has 5 heteroatoms. The van der Waals surface area contributed by atoms with E-state index in [4.69, 9.17) is 0 Å². The van der Waals surface area contributed by atoms with Crippen LogP contribution >= 0.6 is 0 Å². The Morgan fingerprint density at radius 3 is 2.88 bits per heavy atom. The molecule has 132 valence electrons. The molecule has 2 aromatic heterocycles. The minimum absolute atomic E-state index is 0.0292. The van der Waals surface area contributed by atoms with Crippen LogP contribution in [-0.4, -0.2) is 39.1 Å². The third-order valence-corrected chi connectivity index (χ3v) is 5.59. The van der Waals surface area contributed by atoms with Crippen molar-refractivity contribution in [2.24, 2.45) is 0 Å². The largest absolute Gasteiger partial charge is 0.349 e. The lowest BCUT2D eigenvalue weighted by Gasteiger charge is -2.31. The standard InChI is InChI=1S/C20H26N4O/c1-23(15-8-3-2-4-9-15)12-7-13-24-14-21-18-16-10-5-6-11-17(16)22-19(18)20(24)25/h5-6,10-11,14-15,22H,2-4,7-9,12-13H2,1H3. The summed E-state index contributed by atoms with van der Waals surface area (Å²) in [5, 5.41) is 1.01. The Labute approximate surface area is 147 Å². The number of aryl methyl sites for hydroxylation is 1. The molecule has 3 aromatic rings. The monoisotopic (exact) mass is 338 g/mol. The molecule has 0 aliphatic heterocycles. The number of aromatic amines is 1. The van der Waals surface area contributed by atoms with E-state index in [-0.39, 0.29) is 5.56 Å². The fourth-order valence-electron chi connectivity index (χ4n) is 4.09. The van der Waals surface area contributed by atoms with E-state index in [1.807, 2.05) is 24.3 Å². The Morgan fingerprint density at radius 2 is 2.04 bits per heavy atom. The molecule has 2 heterocycles. The maximum Gasteiger partial charge on any atom is 0.277 e. The zero-order valence-electron chi connectivity index (χ0n) is 14.9. The number of fused-ring (bicyclic) bond motifs is 3. The fraction of sp³-hybridized carbons (Fsp3) is 0.500. The number of nitrogens with zero attached hydrogens (tertiary/aromatic N) is 3. The van der Waals surface area contributed by atoms with Crippen LogP contribution in [0.4, 0.5) is 0 Å². The quantitative estimate of drug-likeness (QED) is 0.774. The van der Waals surface area contributed by atoms with E-state index in [0.717, 1.165) is 35.4 Å². The van der Waals surface area contributed by atoms with Gasteiger partial charge in [-0.25, -0.2) is 4.98 Å². The first kappa shape index (κ1) is 16.3. The predicted molar refractivity (Wildman–Crippen MR) is 102 cm³/mol. The van der Waals surface area contributed by atoms with E-state index >= 15 is 0 Å². The van der Waals surface area contributed by atoms with Crippen molar-refractivity contribution in [1.29, 1.82) is 0 Å². The van der Waals surface area contributed by atoms with Gasteiger partial charge in [-0.05, 0) is 38.9 Å². The second-order valence-corrected chi connectivity index (χ2v) is 7.26. The van der Waals surface area contributed by atoms with Crippen molar-refractivity contribution in [1.82, 2.24) is 19.4 Å². The van der Waals surface area contributed by atoms with Gasteiger partial charge in [0.2, 0.25) is 0 Å². The molecule has 0 unspecified atom stereocenters. The summed E-state index contributed by atoms with van der Waals surface area (Å²) in [5.41, 5.74) is 2.39. The van der Waals surface area contributed by atoms with E-state index in [0.29, 0.717) is 12.1 Å². The molecule has 1 aliphatic rings. The van der Waals surface area contributed by atoms with E-state index < -0.39 is 0 Å². The molecule has 1 saturated carbocycles. The van der Waals surface area contributed by atoms with Crippen molar-refractivity contribution in [3.05, 3.63) is 40.9 Å². The molecule has 5 nitrogen and oxygen atoms in total. The lowest BCUT2D eigenvalue weighted by Crippen LogP contribution is -2.35. The molecule has 25 heavy (non-hydrogen) atoms. The maximum atomic E-state index is 12.8. The maximum absolute atomic E-state index is 12.8. The van der Waals surface area contributed by atoms with Gasteiger partial charge in [0.1, 0.15) is 11.0 Å². The van der Waals surface area contributed by atoms with Crippen molar-refractivity contribution in [3.63, 3.8) is 0 Å². The molecule has 1 N–H and O–H groups in total. The highest BCUT2D eigenvalue weighted by molar-refractivity contribution is 6.04. The molecular formula is C20H26N4O. The van der Waals surface area contributed by atoms with Gasteiger partial charge in [0.25, 0.3) is 5.56 Å². The number of nitrogens with one attached hydrogen (secondary N) is 1. The fourth-order valence-corrected chi connectivity index (χ4v) is 4.09. The number of rotatable bonds is 5. The highest BCUT2D eigenvalue weighted by Crippen LogP contribution is 2.22. The molecule has 1 fully saturated rings. The number of benzene rings is 1. The highest BCUT2D eigenvalue weighted by Gasteiger charge is 2.17. The summed E-state index contributed by atoms with van der Waals surface area (Å²) in [6.07, 6.45) is 9.41. The van der Waals surface area contributed by atoms with Crippen LogP contribution in [0.5, 0.6) is 0 Å². The van der Waals surface area contributed by atoms with Gasteiger partial charge in [-0.15, -0.1) is 0 Å². The Hall–Kier alpha value is -2.14. The number of aromatic nitrogens is 3. The van der Waals surface area contributed by atoms with Gasteiger partial charge in [-0.1, -0.05) is 37.5 Å². The van der Waals surface area contributed by atoms with Crippen molar-refractivity contribution >= 4 is 21.9 Å². The van der Waals surface area contributed by atoms with E-state index in [1.54, 1.807) is 10.9 Å². The Morgan fingerprint density at radius 1 is 1.24 bits per heavy atom. The first-order valence-corrected chi connectivity index (χ1v) is 9.40. The van der Waals surface area contributed by atoms with Crippen LogP contribution in [0.2, 0.25) is 0 Å². The minimum atomic E-state index is 0.0292. The second-order valence-electron chi connectivity index (χ2n) is 7.26. The molecule has 0 saturated heterocycles. The van der Waals surface area contributed by atoms with E-state index in [1.165, 1.54) is 32.1 Å². The predicted octanol–water partition coefficient (Wildman–Crippen LogP) is 3.53. The Bertz CT molecular complexity index is 920. The zero-order chi connectivity index (χ0) is 17.2.